The van der Waals surface area contributed by atoms with E-state index in [1.165, 1.54) is 18.4 Å². The van der Waals surface area contributed by atoms with Crippen LogP contribution in [0.25, 0.3) is 0 Å². The maximum Gasteiger partial charge on any atom is 0.249 e. The molecular weight excluding hydrogens is 296 g/mol. The standard InChI is InChI=1S/C13H18N2O3S2/c1-14-20(17,18)13-7-6-11(19-13)9-15-12(16)8-10-4-2-3-5-10/h2,4,6-7,10,14H,3,5,8-9H2,1H3,(H,15,16). The molecule has 1 aliphatic rings. The van der Waals surface area contributed by atoms with Crippen LogP contribution in [0.3, 0.4) is 0 Å². The predicted octanol–water partition coefficient (Wildman–Crippen LogP) is 1.63. The first-order chi connectivity index (χ1) is 9.51. The molecule has 0 aromatic carbocycles. The predicted molar refractivity (Wildman–Crippen MR) is 78.9 cm³/mol. The molecule has 5 nitrogen and oxygen atoms in total. The lowest BCUT2D eigenvalue weighted by atomic mass is 10.1. The monoisotopic (exact) mass is 314 g/mol. The van der Waals surface area contributed by atoms with E-state index in [9.17, 15) is 13.2 Å². The Bertz CT molecular complexity index is 605. The highest BCUT2D eigenvalue weighted by Crippen LogP contribution is 2.22. The summed E-state index contributed by atoms with van der Waals surface area (Å²) in [7, 11) is -2.01. The number of sulfonamides is 1. The van der Waals surface area contributed by atoms with Crippen molar-refractivity contribution in [3.05, 3.63) is 29.2 Å². The molecule has 1 unspecified atom stereocenters. The minimum absolute atomic E-state index is 0.00738. The van der Waals surface area contributed by atoms with Gasteiger partial charge in [0.05, 0.1) is 6.54 Å². The Kier molecular flexibility index (Phi) is 4.95. The number of hydrogen-bond acceptors (Lipinski definition) is 4. The van der Waals surface area contributed by atoms with Crippen molar-refractivity contribution in [3.8, 4) is 0 Å². The van der Waals surface area contributed by atoms with Crippen LogP contribution < -0.4 is 10.0 Å². The highest BCUT2D eigenvalue weighted by atomic mass is 32.2. The van der Waals surface area contributed by atoms with Gasteiger partial charge in [-0.1, -0.05) is 12.2 Å². The zero-order valence-corrected chi connectivity index (χ0v) is 12.9. The van der Waals surface area contributed by atoms with Crippen molar-refractivity contribution in [2.24, 2.45) is 5.92 Å². The Balaban J connectivity index is 1.85. The third-order valence-electron chi connectivity index (χ3n) is 3.19. The maximum absolute atomic E-state index is 11.8. The summed E-state index contributed by atoms with van der Waals surface area (Å²) in [6, 6.07) is 3.28. The number of allylic oxidation sites excluding steroid dienone is 2. The summed E-state index contributed by atoms with van der Waals surface area (Å²) < 4.78 is 25.7. The van der Waals surface area contributed by atoms with E-state index in [0.717, 1.165) is 17.7 Å². The van der Waals surface area contributed by atoms with Gasteiger partial charge in [-0.2, -0.15) is 0 Å². The molecule has 1 amide bonds. The third-order valence-corrected chi connectivity index (χ3v) is 6.18. The first-order valence-corrected chi connectivity index (χ1v) is 8.77. The van der Waals surface area contributed by atoms with Crippen molar-refractivity contribution in [1.82, 2.24) is 10.0 Å². The molecule has 0 fully saturated rings. The van der Waals surface area contributed by atoms with Gasteiger partial charge in [-0.3, -0.25) is 4.79 Å². The summed E-state index contributed by atoms with van der Waals surface area (Å²) in [4.78, 5) is 12.6. The molecule has 1 aliphatic carbocycles. The smallest absolute Gasteiger partial charge is 0.249 e. The van der Waals surface area contributed by atoms with Gasteiger partial charge in [0, 0.05) is 11.3 Å². The van der Waals surface area contributed by atoms with Crippen LogP contribution in [0, 0.1) is 5.92 Å². The van der Waals surface area contributed by atoms with Gasteiger partial charge in [-0.05, 0) is 37.9 Å². The van der Waals surface area contributed by atoms with E-state index in [4.69, 9.17) is 0 Å². The van der Waals surface area contributed by atoms with Crippen molar-refractivity contribution in [1.29, 1.82) is 0 Å². The average Bonchev–Trinajstić information content (AvgIpc) is 3.07. The Morgan fingerprint density at radius 1 is 1.45 bits per heavy atom. The second-order valence-electron chi connectivity index (χ2n) is 4.67. The molecule has 1 aromatic heterocycles. The van der Waals surface area contributed by atoms with Crippen LogP contribution in [0.2, 0.25) is 0 Å². The van der Waals surface area contributed by atoms with Crippen molar-refractivity contribution in [3.63, 3.8) is 0 Å². The SMILES string of the molecule is CNS(=O)(=O)c1ccc(CNC(=O)CC2C=CCC2)s1. The Morgan fingerprint density at radius 2 is 2.25 bits per heavy atom. The molecule has 1 atom stereocenters. The van der Waals surface area contributed by atoms with Crippen LogP contribution in [-0.2, 0) is 21.4 Å². The first-order valence-electron chi connectivity index (χ1n) is 6.47. The van der Waals surface area contributed by atoms with Crippen LogP contribution >= 0.6 is 11.3 Å². The molecule has 110 valence electrons. The second kappa shape index (κ2) is 6.51. The topological polar surface area (TPSA) is 75.3 Å². The second-order valence-corrected chi connectivity index (χ2v) is 7.96. The van der Waals surface area contributed by atoms with Gasteiger partial charge in [0.2, 0.25) is 15.9 Å². The van der Waals surface area contributed by atoms with Crippen molar-refractivity contribution >= 4 is 27.3 Å². The van der Waals surface area contributed by atoms with E-state index in [0.29, 0.717) is 18.9 Å². The van der Waals surface area contributed by atoms with E-state index in [1.54, 1.807) is 12.1 Å². The van der Waals surface area contributed by atoms with E-state index in [-0.39, 0.29) is 10.1 Å². The summed E-state index contributed by atoms with van der Waals surface area (Å²) in [5, 5.41) is 2.83. The molecule has 0 spiro atoms. The molecule has 2 N–H and O–H groups in total. The summed E-state index contributed by atoms with van der Waals surface area (Å²) in [5.41, 5.74) is 0. The van der Waals surface area contributed by atoms with Crippen LogP contribution in [0.5, 0.6) is 0 Å². The largest absolute Gasteiger partial charge is 0.351 e. The molecule has 0 saturated heterocycles. The molecule has 0 radical (unpaired) electrons. The van der Waals surface area contributed by atoms with Gasteiger partial charge in [0.15, 0.2) is 0 Å². The molecule has 0 aliphatic heterocycles. The molecule has 2 rings (SSSR count). The summed E-state index contributed by atoms with van der Waals surface area (Å²) in [6.07, 6.45) is 6.78. The Hall–Kier alpha value is -1.18. The van der Waals surface area contributed by atoms with Crippen molar-refractivity contribution in [2.45, 2.75) is 30.0 Å². The molecule has 1 aromatic rings. The molecule has 1 heterocycles. The third kappa shape index (κ3) is 3.91. The lowest BCUT2D eigenvalue weighted by Crippen LogP contribution is -2.23. The number of hydrogen-bond donors (Lipinski definition) is 2. The van der Waals surface area contributed by atoms with Crippen molar-refractivity contribution in [2.75, 3.05) is 7.05 Å². The fraction of sp³-hybridized carbons (Fsp3) is 0.462. The number of nitrogens with one attached hydrogen (secondary N) is 2. The van der Waals surface area contributed by atoms with Gasteiger partial charge in [-0.15, -0.1) is 11.3 Å². The summed E-state index contributed by atoms with van der Waals surface area (Å²) in [6.45, 7) is 0.374. The van der Waals surface area contributed by atoms with Gasteiger partial charge in [0.1, 0.15) is 4.21 Å². The molecule has 7 heteroatoms. The zero-order valence-electron chi connectivity index (χ0n) is 11.3. The number of carbonyl (C=O) groups is 1. The van der Waals surface area contributed by atoms with Crippen LogP contribution in [0.1, 0.15) is 24.1 Å². The van der Waals surface area contributed by atoms with Gasteiger partial charge in [-0.25, -0.2) is 13.1 Å². The minimum Gasteiger partial charge on any atom is -0.351 e. The number of rotatable bonds is 6. The van der Waals surface area contributed by atoms with E-state index in [1.807, 2.05) is 0 Å². The molecule has 0 saturated carbocycles. The van der Waals surface area contributed by atoms with Gasteiger partial charge < -0.3 is 5.32 Å². The fourth-order valence-corrected chi connectivity index (χ4v) is 4.19. The quantitative estimate of drug-likeness (QED) is 0.784. The lowest BCUT2D eigenvalue weighted by molar-refractivity contribution is -0.121. The normalized spacial score (nSPS) is 18.4. The average molecular weight is 314 g/mol. The van der Waals surface area contributed by atoms with Crippen LogP contribution in [0.4, 0.5) is 0 Å². The highest BCUT2D eigenvalue weighted by Gasteiger charge is 2.16. The summed E-state index contributed by atoms with van der Waals surface area (Å²) in [5.74, 6) is 0.353. The van der Waals surface area contributed by atoms with E-state index in [2.05, 4.69) is 22.2 Å². The number of carbonyl (C=O) groups excluding carboxylic acids is 1. The Labute approximate surface area is 123 Å². The first kappa shape index (κ1) is 15.2. The lowest BCUT2D eigenvalue weighted by Gasteiger charge is -2.07. The zero-order chi connectivity index (χ0) is 14.6. The summed E-state index contributed by atoms with van der Waals surface area (Å²) >= 11 is 1.17. The maximum atomic E-state index is 11.8. The Morgan fingerprint density at radius 3 is 2.90 bits per heavy atom. The minimum atomic E-state index is -3.39. The molecular formula is C13H18N2O3S2. The van der Waals surface area contributed by atoms with E-state index >= 15 is 0 Å². The van der Waals surface area contributed by atoms with E-state index < -0.39 is 10.0 Å². The van der Waals surface area contributed by atoms with Crippen molar-refractivity contribution < 1.29 is 13.2 Å². The molecule has 0 bridgehead atoms. The number of amides is 1. The van der Waals surface area contributed by atoms with Crippen LogP contribution in [0.15, 0.2) is 28.5 Å². The number of thiophene rings is 1. The van der Waals surface area contributed by atoms with Gasteiger partial charge in [0.25, 0.3) is 0 Å². The van der Waals surface area contributed by atoms with Crippen LogP contribution in [-0.4, -0.2) is 21.4 Å². The fourth-order valence-electron chi connectivity index (χ4n) is 2.06. The highest BCUT2D eigenvalue weighted by molar-refractivity contribution is 7.91. The molecule has 20 heavy (non-hydrogen) atoms. The van der Waals surface area contributed by atoms with Gasteiger partial charge >= 0.3 is 0 Å².